The maximum Gasteiger partial charge on any atom is 0.421 e. The van der Waals surface area contributed by atoms with Crippen LogP contribution in [0, 0.1) is 6.92 Å². The van der Waals surface area contributed by atoms with Crippen LogP contribution in [-0.2, 0) is 6.18 Å². The Morgan fingerprint density at radius 1 is 1.27 bits per heavy atom. The van der Waals surface area contributed by atoms with E-state index in [-0.39, 0.29) is 11.3 Å². The molecule has 0 radical (unpaired) electrons. The molecule has 1 aromatic heterocycles. The second kappa shape index (κ2) is 6.00. The quantitative estimate of drug-likeness (QED) is 0.915. The topological polar surface area (TPSA) is 66.9 Å². The molecule has 0 saturated carbocycles. The molecule has 0 unspecified atom stereocenters. The molecule has 0 spiro atoms. The lowest BCUT2D eigenvalue weighted by Gasteiger charge is -2.16. The van der Waals surface area contributed by atoms with Gasteiger partial charge in [-0.25, -0.2) is 9.97 Å². The van der Waals surface area contributed by atoms with Crippen LogP contribution in [0.2, 0.25) is 0 Å². The molecule has 0 bridgehead atoms. The minimum atomic E-state index is -4.60. The van der Waals surface area contributed by atoms with E-state index < -0.39 is 23.5 Å². The minimum absolute atomic E-state index is 0.231. The maximum absolute atomic E-state index is 13.0. The molecular formula is C14H13F3N4O. The van der Waals surface area contributed by atoms with E-state index in [4.69, 9.17) is 0 Å². The van der Waals surface area contributed by atoms with Crippen LogP contribution in [0.1, 0.15) is 21.5 Å². The Morgan fingerprint density at radius 3 is 2.64 bits per heavy atom. The Balaban J connectivity index is 2.51. The summed E-state index contributed by atoms with van der Waals surface area (Å²) < 4.78 is 38.9. The Hall–Kier alpha value is -2.64. The molecule has 8 heteroatoms. The fourth-order valence-corrected chi connectivity index (χ4v) is 1.91. The van der Waals surface area contributed by atoms with Gasteiger partial charge < -0.3 is 10.6 Å². The highest BCUT2D eigenvalue weighted by Crippen LogP contribution is 2.35. The zero-order valence-electron chi connectivity index (χ0n) is 11.8. The van der Waals surface area contributed by atoms with Gasteiger partial charge in [-0.05, 0) is 18.6 Å². The lowest BCUT2D eigenvalue weighted by Crippen LogP contribution is -2.20. The summed E-state index contributed by atoms with van der Waals surface area (Å²) >= 11 is 0. The predicted molar refractivity (Wildman–Crippen MR) is 74.9 cm³/mol. The van der Waals surface area contributed by atoms with Crippen molar-refractivity contribution in [2.45, 2.75) is 13.1 Å². The number of anilines is 2. The van der Waals surface area contributed by atoms with Crippen LogP contribution in [0.15, 0.2) is 30.7 Å². The van der Waals surface area contributed by atoms with Crippen molar-refractivity contribution < 1.29 is 18.0 Å². The molecule has 2 rings (SSSR count). The van der Waals surface area contributed by atoms with E-state index in [0.717, 1.165) is 6.33 Å². The number of nitrogens with zero attached hydrogens (tertiary/aromatic N) is 2. The van der Waals surface area contributed by atoms with E-state index in [2.05, 4.69) is 20.6 Å². The van der Waals surface area contributed by atoms with Crippen molar-refractivity contribution in [2.24, 2.45) is 0 Å². The van der Waals surface area contributed by atoms with E-state index in [1.165, 1.54) is 13.1 Å². The molecule has 0 aliphatic rings. The van der Waals surface area contributed by atoms with Crippen molar-refractivity contribution in [3.8, 4) is 0 Å². The lowest BCUT2D eigenvalue weighted by atomic mass is 10.1. The first-order valence-corrected chi connectivity index (χ1v) is 6.30. The van der Waals surface area contributed by atoms with Gasteiger partial charge in [0.15, 0.2) is 0 Å². The number of carbonyl (C=O) groups is 1. The summed E-state index contributed by atoms with van der Waals surface area (Å²) in [7, 11) is 1.44. The average molecular weight is 310 g/mol. The van der Waals surface area contributed by atoms with Crippen molar-refractivity contribution in [1.82, 2.24) is 15.3 Å². The molecule has 0 fully saturated rings. The van der Waals surface area contributed by atoms with Gasteiger partial charge in [-0.3, -0.25) is 4.79 Å². The van der Waals surface area contributed by atoms with Crippen LogP contribution in [0.4, 0.5) is 24.7 Å². The van der Waals surface area contributed by atoms with E-state index in [1.54, 1.807) is 19.1 Å². The SMILES string of the molecule is CNC(=O)c1cccc(C)c1Nc1ncncc1C(F)(F)F. The molecule has 0 aliphatic carbocycles. The van der Waals surface area contributed by atoms with Crippen LogP contribution < -0.4 is 10.6 Å². The fraction of sp³-hybridized carbons (Fsp3) is 0.214. The number of aryl methyl sites for hydroxylation is 1. The number of halogens is 3. The van der Waals surface area contributed by atoms with Crippen molar-refractivity contribution >= 4 is 17.4 Å². The summed E-state index contributed by atoms with van der Waals surface area (Å²) in [5.74, 6) is -0.809. The Labute approximate surface area is 124 Å². The molecule has 22 heavy (non-hydrogen) atoms. The van der Waals surface area contributed by atoms with Crippen LogP contribution in [0.25, 0.3) is 0 Å². The fourth-order valence-electron chi connectivity index (χ4n) is 1.91. The van der Waals surface area contributed by atoms with Crippen LogP contribution in [-0.4, -0.2) is 22.9 Å². The van der Waals surface area contributed by atoms with E-state index in [0.29, 0.717) is 11.8 Å². The lowest BCUT2D eigenvalue weighted by molar-refractivity contribution is -0.137. The van der Waals surface area contributed by atoms with Gasteiger partial charge in [-0.1, -0.05) is 12.1 Å². The van der Waals surface area contributed by atoms with Gasteiger partial charge in [-0.15, -0.1) is 0 Å². The van der Waals surface area contributed by atoms with Gasteiger partial charge in [0, 0.05) is 13.2 Å². The molecule has 0 saturated heterocycles. The highest BCUT2D eigenvalue weighted by atomic mass is 19.4. The highest BCUT2D eigenvalue weighted by Gasteiger charge is 2.35. The third-order valence-corrected chi connectivity index (χ3v) is 3.01. The Kier molecular flexibility index (Phi) is 4.30. The molecular weight excluding hydrogens is 297 g/mol. The standard InChI is InChI=1S/C14H13F3N4O/c1-8-4-3-5-9(13(22)18-2)11(8)21-12-10(14(15,16)17)6-19-7-20-12/h3-7H,1-2H3,(H,18,22)(H,19,20,21). The number of carbonyl (C=O) groups excluding carboxylic acids is 1. The zero-order valence-corrected chi connectivity index (χ0v) is 11.8. The van der Waals surface area contributed by atoms with E-state index in [9.17, 15) is 18.0 Å². The number of rotatable bonds is 3. The normalized spacial score (nSPS) is 11.1. The number of alkyl halides is 3. The molecule has 116 valence electrons. The first-order valence-electron chi connectivity index (χ1n) is 6.30. The third kappa shape index (κ3) is 3.16. The highest BCUT2D eigenvalue weighted by molar-refractivity contribution is 6.00. The van der Waals surface area contributed by atoms with Crippen LogP contribution in [0.5, 0.6) is 0 Å². The second-order valence-corrected chi connectivity index (χ2v) is 4.48. The first kappa shape index (κ1) is 15.7. The second-order valence-electron chi connectivity index (χ2n) is 4.48. The summed E-state index contributed by atoms with van der Waals surface area (Å²) in [4.78, 5) is 18.9. The summed E-state index contributed by atoms with van der Waals surface area (Å²) in [6, 6.07) is 4.85. The summed E-state index contributed by atoms with van der Waals surface area (Å²) in [6.45, 7) is 1.68. The van der Waals surface area contributed by atoms with Gasteiger partial charge in [0.25, 0.3) is 5.91 Å². The van der Waals surface area contributed by atoms with Crippen molar-refractivity contribution in [2.75, 3.05) is 12.4 Å². The van der Waals surface area contributed by atoms with Gasteiger partial charge in [0.1, 0.15) is 17.7 Å². The molecule has 2 aromatic rings. The van der Waals surface area contributed by atoms with Crippen LogP contribution in [0.3, 0.4) is 0 Å². The number of amides is 1. The smallest absolute Gasteiger partial charge is 0.355 e. The number of para-hydroxylation sites is 1. The number of benzene rings is 1. The predicted octanol–water partition coefficient (Wildman–Crippen LogP) is 2.91. The molecule has 2 N–H and O–H groups in total. The minimum Gasteiger partial charge on any atom is -0.355 e. The van der Waals surface area contributed by atoms with Gasteiger partial charge in [0.2, 0.25) is 0 Å². The molecule has 5 nitrogen and oxygen atoms in total. The van der Waals surface area contributed by atoms with E-state index >= 15 is 0 Å². The van der Waals surface area contributed by atoms with Crippen molar-refractivity contribution in [3.05, 3.63) is 47.4 Å². The zero-order chi connectivity index (χ0) is 16.3. The van der Waals surface area contributed by atoms with E-state index in [1.807, 2.05) is 0 Å². The number of nitrogens with one attached hydrogen (secondary N) is 2. The Morgan fingerprint density at radius 2 is 2.00 bits per heavy atom. The largest absolute Gasteiger partial charge is 0.421 e. The molecule has 1 amide bonds. The molecule has 0 aliphatic heterocycles. The van der Waals surface area contributed by atoms with Crippen molar-refractivity contribution in [1.29, 1.82) is 0 Å². The first-order chi connectivity index (χ1) is 10.3. The van der Waals surface area contributed by atoms with Crippen LogP contribution >= 0.6 is 0 Å². The monoisotopic (exact) mass is 310 g/mol. The van der Waals surface area contributed by atoms with Gasteiger partial charge >= 0.3 is 6.18 Å². The summed E-state index contributed by atoms with van der Waals surface area (Å²) in [5, 5.41) is 5.04. The summed E-state index contributed by atoms with van der Waals surface area (Å²) in [5.41, 5.74) is 0.120. The number of hydrogen-bond acceptors (Lipinski definition) is 4. The molecule has 1 heterocycles. The maximum atomic E-state index is 13.0. The molecule has 1 aromatic carbocycles. The summed E-state index contributed by atoms with van der Waals surface area (Å²) in [6.07, 6.45) is -2.90. The number of aromatic nitrogens is 2. The van der Waals surface area contributed by atoms with Gasteiger partial charge in [-0.2, -0.15) is 13.2 Å². The van der Waals surface area contributed by atoms with Gasteiger partial charge in [0.05, 0.1) is 11.3 Å². The van der Waals surface area contributed by atoms with Crippen molar-refractivity contribution in [3.63, 3.8) is 0 Å². The average Bonchev–Trinajstić information content (AvgIpc) is 2.48. The number of hydrogen-bond donors (Lipinski definition) is 2. The third-order valence-electron chi connectivity index (χ3n) is 3.01. The Bertz CT molecular complexity index is 701. The molecule has 0 atom stereocenters.